The predicted molar refractivity (Wildman–Crippen MR) is 110 cm³/mol. The highest BCUT2D eigenvalue weighted by Crippen LogP contribution is 2.00. The van der Waals surface area contributed by atoms with E-state index in [2.05, 4.69) is 31.7 Å². The molecule has 1 aromatic rings. The van der Waals surface area contributed by atoms with Crippen LogP contribution in [0.1, 0.15) is 38.8 Å². The Hall–Kier alpha value is -2.06. The summed E-state index contributed by atoms with van der Waals surface area (Å²) in [7, 11) is 0. The number of hydrogen-bond donors (Lipinski definition) is 4. The van der Waals surface area contributed by atoms with Gasteiger partial charge in [-0.3, -0.25) is 10.9 Å². The van der Waals surface area contributed by atoms with Gasteiger partial charge in [0, 0.05) is 12.1 Å². The summed E-state index contributed by atoms with van der Waals surface area (Å²) in [5.41, 5.74) is 7.42. The fraction of sp³-hybridized carbons (Fsp3) is 0.375. The average Bonchev–Trinajstić information content (AvgIpc) is 2.46. The van der Waals surface area contributed by atoms with Gasteiger partial charge in [0.15, 0.2) is 10.2 Å². The van der Waals surface area contributed by atoms with E-state index in [1.807, 2.05) is 52.0 Å². The quantitative estimate of drug-likeness (QED) is 0.352. The zero-order valence-electron chi connectivity index (χ0n) is 14.3. The van der Waals surface area contributed by atoms with Crippen LogP contribution in [0.5, 0.6) is 0 Å². The summed E-state index contributed by atoms with van der Waals surface area (Å²) >= 11 is 10.2. The second-order valence-electron chi connectivity index (χ2n) is 5.67. The number of benzene rings is 1. The minimum absolute atomic E-state index is 0.267. The van der Waals surface area contributed by atoms with Crippen LogP contribution >= 0.6 is 24.4 Å². The van der Waals surface area contributed by atoms with E-state index in [4.69, 9.17) is 24.4 Å². The molecular formula is C16H24N6S2. The average molecular weight is 365 g/mol. The second kappa shape index (κ2) is 10.7. The highest BCUT2D eigenvalue weighted by atomic mass is 32.1. The molecule has 4 N–H and O–H groups in total. The van der Waals surface area contributed by atoms with Gasteiger partial charge in [-0.2, -0.15) is 10.2 Å². The molecule has 130 valence electrons. The smallest absolute Gasteiger partial charge is 0.187 e. The van der Waals surface area contributed by atoms with E-state index < -0.39 is 0 Å². The van der Waals surface area contributed by atoms with Crippen LogP contribution in [0.4, 0.5) is 0 Å². The number of hydrogen-bond acceptors (Lipinski definition) is 4. The zero-order valence-corrected chi connectivity index (χ0v) is 16.0. The van der Waals surface area contributed by atoms with Crippen LogP contribution in [0.25, 0.3) is 0 Å². The Morgan fingerprint density at radius 3 is 1.67 bits per heavy atom. The van der Waals surface area contributed by atoms with Gasteiger partial charge in [0.2, 0.25) is 0 Å². The first-order valence-electron chi connectivity index (χ1n) is 7.66. The fourth-order valence-electron chi connectivity index (χ4n) is 1.64. The molecule has 6 nitrogen and oxygen atoms in total. The van der Waals surface area contributed by atoms with E-state index in [0.29, 0.717) is 10.2 Å². The molecule has 24 heavy (non-hydrogen) atoms. The van der Waals surface area contributed by atoms with Crippen LogP contribution in [0.15, 0.2) is 34.5 Å². The molecule has 1 rings (SSSR count). The first kappa shape index (κ1) is 20.0. The van der Waals surface area contributed by atoms with Crippen molar-refractivity contribution >= 4 is 47.1 Å². The first-order valence-corrected chi connectivity index (χ1v) is 8.47. The first-order chi connectivity index (χ1) is 11.4. The highest BCUT2D eigenvalue weighted by molar-refractivity contribution is 7.80. The summed E-state index contributed by atoms with van der Waals surface area (Å²) < 4.78 is 0. The van der Waals surface area contributed by atoms with Gasteiger partial charge >= 0.3 is 0 Å². The Kier molecular flexibility index (Phi) is 8.88. The van der Waals surface area contributed by atoms with Gasteiger partial charge in [-0.15, -0.1) is 0 Å². The molecule has 0 spiro atoms. The van der Waals surface area contributed by atoms with Gasteiger partial charge in [0.05, 0.1) is 12.4 Å². The Balaban J connectivity index is 2.54. The van der Waals surface area contributed by atoms with Crippen molar-refractivity contribution in [1.82, 2.24) is 21.5 Å². The molecule has 0 saturated carbocycles. The Morgan fingerprint density at radius 2 is 1.29 bits per heavy atom. The van der Waals surface area contributed by atoms with Crippen LogP contribution < -0.4 is 21.5 Å². The molecule has 0 aromatic heterocycles. The summed E-state index contributed by atoms with van der Waals surface area (Å²) in [4.78, 5) is 0. The molecule has 0 amide bonds. The third kappa shape index (κ3) is 9.16. The van der Waals surface area contributed by atoms with Crippen molar-refractivity contribution in [3.63, 3.8) is 0 Å². The molecule has 0 heterocycles. The van der Waals surface area contributed by atoms with Crippen LogP contribution in [0.2, 0.25) is 0 Å². The molecule has 0 unspecified atom stereocenters. The fourth-order valence-corrected chi connectivity index (χ4v) is 2.22. The van der Waals surface area contributed by atoms with Crippen molar-refractivity contribution in [2.24, 2.45) is 10.2 Å². The summed E-state index contributed by atoms with van der Waals surface area (Å²) in [6.45, 7) is 8.04. The van der Waals surface area contributed by atoms with Crippen molar-refractivity contribution in [2.45, 2.75) is 39.8 Å². The number of nitrogens with zero attached hydrogens (tertiary/aromatic N) is 2. The lowest BCUT2D eigenvalue weighted by atomic mass is 10.1. The lowest BCUT2D eigenvalue weighted by Gasteiger charge is -2.09. The Labute approximate surface area is 154 Å². The monoisotopic (exact) mass is 364 g/mol. The zero-order chi connectivity index (χ0) is 17.9. The third-order valence-corrected chi connectivity index (χ3v) is 2.93. The van der Waals surface area contributed by atoms with Crippen molar-refractivity contribution in [3.05, 3.63) is 35.4 Å². The van der Waals surface area contributed by atoms with Gasteiger partial charge < -0.3 is 10.6 Å². The summed E-state index contributed by atoms with van der Waals surface area (Å²) in [6, 6.07) is 8.30. The molecule has 0 radical (unpaired) electrons. The largest absolute Gasteiger partial charge is 0.359 e. The van der Waals surface area contributed by atoms with Gasteiger partial charge in [-0.05, 0) is 69.3 Å². The van der Waals surface area contributed by atoms with Crippen molar-refractivity contribution in [2.75, 3.05) is 0 Å². The van der Waals surface area contributed by atoms with E-state index in [-0.39, 0.29) is 12.1 Å². The van der Waals surface area contributed by atoms with Crippen LogP contribution in [0.3, 0.4) is 0 Å². The molecule has 0 fully saturated rings. The minimum Gasteiger partial charge on any atom is -0.359 e. The molecular weight excluding hydrogens is 340 g/mol. The van der Waals surface area contributed by atoms with Gasteiger partial charge in [0.25, 0.3) is 0 Å². The number of thiocarbonyl (C=S) groups is 2. The van der Waals surface area contributed by atoms with Crippen molar-refractivity contribution in [3.8, 4) is 0 Å². The maximum atomic E-state index is 5.10. The second-order valence-corrected chi connectivity index (χ2v) is 6.48. The van der Waals surface area contributed by atoms with Crippen LogP contribution in [-0.2, 0) is 0 Å². The minimum atomic E-state index is 0.267. The normalized spacial score (nSPS) is 11.2. The maximum absolute atomic E-state index is 5.10. The Bertz CT molecular complexity index is 561. The van der Waals surface area contributed by atoms with Crippen LogP contribution in [0, 0.1) is 0 Å². The highest BCUT2D eigenvalue weighted by Gasteiger charge is 1.97. The van der Waals surface area contributed by atoms with E-state index in [1.54, 1.807) is 12.4 Å². The van der Waals surface area contributed by atoms with Crippen LogP contribution in [-0.4, -0.2) is 34.7 Å². The molecule has 0 atom stereocenters. The van der Waals surface area contributed by atoms with E-state index in [1.165, 1.54) is 0 Å². The Morgan fingerprint density at radius 1 is 0.875 bits per heavy atom. The van der Waals surface area contributed by atoms with Gasteiger partial charge in [0.1, 0.15) is 0 Å². The standard InChI is InChI=1S/C16H24N6S2/c1-11(2)19-15(23)21-17-9-13-6-5-7-14(8-13)10-18-22-16(24)20-12(3)4/h5-12H,1-4H3,(H2,19,21,23)(H2,20,22,24)/b17-9-,18-10-. The lowest BCUT2D eigenvalue weighted by Crippen LogP contribution is -2.36. The SMILES string of the molecule is CC(C)NC(=S)N/N=C\c1cccc(/C=N\NC(=S)NC(C)C)c1. The summed E-state index contributed by atoms with van der Waals surface area (Å²) in [5.74, 6) is 0. The third-order valence-electron chi connectivity index (χ3n) is 2.51. The van der Waals surface area contributed by atoms with E-state index in [9.17, 15) is 0 Å². The topological polar surface area (TPSA) is 72.8 Å². The van der Waals surface area contributed by atoms with Gasteiger partial charge in [-0.1, -0.05) is 18.2 Å². The molecule has 0 aliphatic carbocycles. The number of hydrazone groups is 2. The predicted octanol–water partition coefficient (Wildman–Crippen LogP) is 2.10. The summed E-state index contributed by atoms with van der Waals surface area (Å²) in [5, 5.41) is 15.3. The lowest BCUT2D eigenvalue weighted by molar-refractivity contribution is 0.719. The molecule has 0 aliphatic heterocycles. The molecule has 0 aliphatic rings. The molecule has 1 aromatic carbocycles. The van der Waals surface area contributed by atoms with Crippen molar-refractivity contribution < 1.29 is 0 Å². The van der Waals surface area contributed by atoms with Gasteiger partial charge in [-0.25, -0.2) is 0 Å². The van der Waals surface area contributed by atoms with Crippen molar-refractivity contribution in [1.29, 1.82) is 0 Å². The number of nitrogens with one attached hydrogen (secondary N) is 4. The molecule has 0 bridgehead atoms. The number of rotatable bonds is 6. The summed E-state index contributed by atoms with van der Waals surface area (Å²) in [6.07, 6.45) is 3.40. The molecule has 0 saturated heterocycles. The van der Waals surface area contributed by atoms with E-state index >= 15 is 0 Å². The maximum Gasteiger partial charge on any atom is 0.187 e. The van der Waals surface area contributed by atoms with E-state index in [0.717, 1.165) is 11.1 Å². The molecule has 8 heteroatoms.